The molecule has 1 aliphatic heterocycles. The smallest absolute Gasteiger partial charge is 0.333 e. The van der Waals surface area contributed by atoms with Gasteiger partial charge in [-0.2, -0.15) is 8.42 Å². The van der Waals surface area contributed by atoms with Crippen LogP contribution in [-0.4, -0.2) is 21.1 Å². The summed E-state index contributed by atoms with van der Waals surface area (Å²) in [4.78, 5) is 0. The van der Waals surface area contributed by atoms with E-state index in [1.807, 2.05) is 38.1 Å². The molecule has 2 rings (SSSR count). The molecule has 5 nitrogen and oxygen atoms in total. The largest absolute Gasteiger partial charge is 0.370 e. The predicted octanol–water partition coefficient (Wildman–Crippen LogP) is 1.68. The Kier molecular flexibility index (Phi) is 4.25. The zero-order valence-electron chi connectivity index (χ0n) is 11.1. The van der Waals surface area contributed by atoms with Gasteiger partial charge >= 0.3 is 10.3 Å². The van der Waals surface area contributed by atoms with Crippen LogP contribution in [-0.2, 0) is 19.2 Å². The summed E-state index contributed by atoms with van der Waals surface area (Å²) in [6, 6.07) is 7.93. The number of nitrogens with two attached hydrogens (primary N) is 1. The lowest BCUT2D eigenvalue weighted by Gasteiger charge is -2.20. The fourth-order valence-electron chi connectivity index (χ4n) is 2.54. The molecular weight excluding hydrogens is 266 g/mol. The van der Waals surface area contributed by atoms with Crippen LogP contribution in [0.1, 0.15) is 30.6 Å². The van der Waals surface area contributed by atoms with Gasteiger partial charge in [-0.3, -0.25) is 4.18 Å². The van der Waals surface area contributed by atoms with Crippen molar-refractivity contribution < 1.29 is 17.3 Å². The summed E-state index contributed by atoms with van der Waals surface area (Å²) in [7, 11) is -3.90. The van der Waals surface area contributed by atoms with Crippen molar-refractivity contribution in [3.8, 4) is 0 Å². The fraction of sp³-hybridized carbons (Fsp3) is 0.538. The quantitative estimate of drug-likeness (QED) is 0.913. The summed E-state index contributed by atoms with van der Waals surface area (Å²) < 4.78 is 32.4. The van der Waals surface area contributed by atoms with Crippen LogP contribution in [0.4, 0.5) is 0 Å². The van der Waals surface area contributed by atoms with Gasteiger partial charge in [-0.05, 0) is 31.4 Å². The SMILES string of the molecule is Cc1ccccc1[C@@H]1OC(C)C[C@H]1COS(N)(=O)=O. The Balaban J connectivity index is 2.16. The summed E-state index contributed by atoms with van der Waals surface area (Å²) >= 11 is 0. The second-order valence-corrected chi connectivity index (χ2v) is 6.22. The molecule has 0 aliphatic carbocycles. The third kappa shape index (κ3) is 3.76. The van der Waals surface area contributed by atoms with Crippen LogP contribution in [0.15, 0.2) is 24.3 Å². The summed E-state index contributed by atoms with van der Waals surface area (Å²) in [5.41, 5.74) is 2.21. The number of rotatable bonds is 4. The van der Waals surface area contributed by atoms with Gasteiger partial charge in [0.05, 0.1) is 18.8 Å². The molecule has 1 saturated heterocycles. The Morgan fingerprint density at radius 2 is 2.11 bits per heavy atom. The van der Waals surface area contributed by atoms with E-state index in [0.29, 0.717) is 0 Å². The molecule has 0 spiro atoms. The van der Waals surface area contributed by atoms with Crippen LogP contribution in [0, 0.1) is 12.8 Å². The molecule has 6 heteroatoms. The Bertz CT molecular complexity index is 543. The summed E-state index contributed by atoms with van der Waals surface area (Å²) in [6.07, 6.45) is 0.700. The maximum atomic E-state index is 10.9. The van der Waals surface area contributed by atoms with Gasteiger partial charge in [0.1, 0.15) is 0 Å². The molecule has 1 heterocycles. The molecule has 1 fully saturated rings. The van der Waals surface area contributed by atoms with Crippen LogP contribution in [0.3, 0.4) is 0 Å². The van der Waals surface area contributed by atoms with Crippen LogP contribution in [0.2, 0.25) is 0 Å². The maximum Gasteiger partial charge on any atom is 0.333 e. The van der Waals surface area contributed by atoms with Crippen molar-refractivity contribution in [1.29, 1.82) is 0 Å². The predicted molar refractivity (Wildman–Crippen MR) is 71.6 cm³/mol. The molecule has 106 valence electrons. The molecule has 3 atom stereocenters. The van der Waals surface area contributed by atoms with Gasteiger partial charge in [-0.15, -0.1) is 0 Å². The summed E-state index contributed by atoms with van der Waals surface area (Å²) in [5.74, 6) is -0.00516. The minimum atomic E-state index is -3.90. The Labute approximate surface area is 114 Å². The van der Waals surface area contributed by atoms with E-state index in [9.17, 15) is 8.42 Å². The van der Waals surface area contributed by atoms with Crippen LogP contribution >= 0.6 is 0 Å². The van der Waals surface area contributed by atoms with E-state index in [2.05, 4.69) is 0 Å². The highest BCUT2D eigenvalue weighted by atomic mass is 32.2. The molecule has 0 saturated carbocycles. The summed E-state index contributed by atoms with van der Waals surface area (Å²) in [5, 5.41) is 4.87. The zero-order valence-corrected chi connectivity index (χ0v) is 11.9. The number of benzene rings is 1. The van der Waals surface area contributed by atoms with Gasteiger partial charge in [0.25, 0.3) is 0 Å². The highest BCUT2D eigenvalue weighted by Crippen LogP contribution is 2.39. The first-order valence-corrected chi connectivity index (χ1v) is 7.72. The van der Waals surface area contributed by atoms with Crippen molar-refractivity contribution >= 4 is 10.3 Å². The van der Waals surface area contributed by atoms with E-state index in [0.717, 1.165) is 17.5 Å². The Hall–Kier alpha value is -0.950. The molecule has 1 aromatic rings. The maximum absolute atomic E-state index is 10.9. The van der Waals surface area contributed by atoms with Gasteiger partial charge in [0, 0.05) is 5.92 Å². The Morgan fingerprint density at radius 3 is 2.74 bits per heavy atom. The minimum absolute atomic E-state index is 0.00516. The minimum Gasteiger partial charge on any atom is -0.370 e. The molecule has 1 aliphatic rings. The first kappa shape index (κ1) is 14.5. The average Bonchev–Trinajstić information content (AvgIpc) is 2.67. The second-order valence-electron chi connectivity index (χ2n) is 5.00. The molecular formula is C13H19NO4S. The fourth-order valence-corrected chi connectivity index (χ4v) is 2.90. The molecule has 0 aromatic heterocycles. The van der Waals surface area contributed by atoms with Gasteiger partial charge in [-0.25, -0.2) is 5.14 Å². The van der Waals surface area contributed by atoms with E-state index in [1.165, 1.54) is 0 Å². The van der Waals surface area contributed by atoms with Crippen LogP contribution in [0.25, 0.3) is 0 Å². The van der Waals surface area contributed by atoms with E-state index in [1.54, 1.807) is 0 Å². The molecule has 2 N–H and O–H groups in total. The van der Waals surface area contributed by atoms with Crippen molar-refractivity contribution in [3.63, 3.8) is 0 Å². The molecule has 1 unspecified atom stereocenters. The highest BCUT2D eigenvalue weighted by Gasteiger charge is 2.35. The second kappa shape index (κ2) is 5.58. The number of hydrogen-bond donors (Lipinski definition) is 1. The Morgan fingerprint density at radius 1 is 1.42 bits per heavy atom. The van der Waals surface area contributed by atoms with E-state index in [-0.39, 0.29) is 24.7 Å². The summed E-state index contributed by atoms with van der Waals surface area (Å²) in [6.45, 7) is 4.05. The van der Waals surface area contributed by atoms with E-state index in [4.69, 9.17) is 14.1 Å². The number of ether oxygens (including phenoxy) is 1. The molecule has 0 bridgehead atoms. The first-order chi connectivity index (χ1) is 8.87. The third-order valence-corrected chi connectivity index (χ3v) is 3.85. The lowest BCUT2D eigenvalue weighted by molar-refractivity contribution is 0.0360. The first-order valence-electron chi connectivity index (χ1n) is 6.25. The van der Waals surface area contributed by atoms with Crippen molar-refractivity contribution in [3.05, 3.63) is 35.4 Å². The number of aryl methyl sites for hydroxylation is 1. The van der Waals surface area contributed by atoms with Gasteiger partial charge in [-0.1, -0.05) is 24.3 Å². The van der Waals surface area contributed by atoms with Crippen molar-refractivity contribution in [2.24, 2.45) is 11.1 Å². The van der Waals surface area contributed by atoms with Crippen LogP contribution < -0.4 is 5.14 Å². The average molecular weight is 285 g/mol. The molecule has 1 aromatic carbocycles. The van der Waals surface area contributed by atoms with Crippen molar-refractivity contribution in [2.75, 3.05) is 6.61 Å². The van der Waals surface area contributed by atoms with Gasteiger partial charge in [0.15, 0.2) is 0 Å². The lowest BCUT2D eigenvalue weighted by Crippen LogP contribution is -2.22. The normalized spacial score (nSPS) is 27.6. The van der Waals surface area contributed by atoms with E-state index >= 15 is 0 Å². The molecule has 0 amide bonds. The topological polar surface area (TPSA) is 78.6 Å². The molecule has 0 radical (unpaired) electrons. The van der Waals surface area contributed by atoms with Crippen molar-refractivity contribution in [1.82, 2.24) is 0 Å². The van der Waals surface area contributed by atoms with Crippen molar-refractivity contribution in [2.45, 2.75) is 32.5 Å². The van der Waals surface area contributed by atoms with E-state index < -0.39 is 10.3 Å². The molecule has 19 heavy (non-hydrogen) atoms. The monoisotopic (exact) mass is 285 g/mol. The highest BCUT2D eigenvalue weighted by molar-refractivity contribution is 7.84. The van der Waals surface area contributed by atoms with Crippen LogP contribution in [0.5, 0.6) is 0 Å². The standard InChI is InChI=1S/C13H19NO4S/c1-9-5-3-4-6-12(9)13-11(7-10(2)18-13)8-17-19(14,15)16/h3-6,10-11,13H,7-8H2,1-2H3,(H2,14,15,16)/t10?,11-,13+/m0/s1. The van der Waals surface area contributed by atoms with Gasteiger partial charge in [0.2, 0.25) is 0 Å². The number of hydrogen-bond acceptors (Lipinski definition) is 4. The van der Waals surface area contributed by atoms with Gasteiger partial charge < -0.3 is 4.74 Å². The third-order valence-electron chi connectivity index (χ3n) is 3.38. The zero-order chi connectivity index (χ0) is 14.0. The lowest BCUT2D eigenvalue weighted by atomic mass is 9.92.